The van der Waals surface area contributed by atoms with E-state index in [-0.39, 0.29) is 12.1 Å². The van der Waals surface area contributed by atoms with Crippen LogP contribution < -0.4 is 5.32 Å². The van der Waals surface area contributed by atoms with Gasteiger partial charge in [0.25, 0.3) is 5.89 Å². The Labute approximate surface area is 211 Å². The number of urea groups is 1. The van der Waals surface area contributed by atoms with E-state index in [2.05, 4.69) is 36.5 Å². The Kier molecular flexibility index (Phi) is 7.57. The second-order valence-electron chi connectivity index (χ2n) is 9.08. The van der Waals surface area contributed by atoms with Gasteiger partial charge in [0.2, 0.25) is 5.82 Å². The van der Waals surface area contributed by atoms with Crippen molar-refractivity contribution in [1.29, 1.82) is 0 Å². The van der Waals surface area contributed by atoms with Crippen molar-refractivity contribution in [1.82, 2.24) is 20.4 Å². The van der Waals surface area contributed by atoms with Crippen molar-refractivity contribution >= 4 is 23.2 Å². The van der Waals surface area contributed by atoms with Gasteiger partial charge in [-0.15, -0.1) is 0 Å². The van der Waals surface area contributed by atoms with Crippen LogP contribution in [0.15, 0.2) is 52.7 Å². The summed E-state index contributed by atoms with van der Waals surface area (Å²) in [6.45, 7) is 11.1. The quantitative estimate of drug-likeness (QED) is 0.370. The number of allylic oxidation sites excluding steroid dienone is 1. The fourth-order valence-corrected chi connectivity index (χ4v) is 4.33. The van der Waals surface area contributed by atoms with Crippen LogP contribution in [-0.4, -0.2) is 40.3 Å². The highest BCUT2D eigenvalue weighted by Gasteiger charge is 2.35. The van der Waals surface area contributed by atoms with Crippen LogP contribution in [-0.2, 0) is 4.74 Å². The van der Waals surface area contributed by atoms with Gasteiger partial charge in [0.1, 0.15) is 0 Å². The molecule has 0 saturated carbocycles. The molecule has 1 atom stereocenters. The van der Waals surface area contributed by atoms with Crippen molar-refractivity contribution in [3.8, 4) is 11.4 Å². The van der Waals surface area contributed by atoms with E-state index in [9.17, 15) is 4.79 Å². The SMILES string of the molecule is CC1=C(c2nc(-c3cccc(Cl)c3)no2)C(c2ccc(C)c(C)c2)NC(=O)N1CCCOC(C)C. The van der Waals surface area contributed by atoms with Gasteiger partial charge in [-0.1, -0.05) is 47.1 Å². The molecular formula is C27H31ClN4O3. The highest BCUT2D eigenvalue weighted by Crippen LogP contribution is 2.38. The molecule has 8 heteroatoms. The van der Waals surface area contributed by atoms with E-state index in [1.165, 1.54) is 5.56 Å². The largest absolute Gasteiger partial charge is 0.379 e. The Bertz CT molecular complexity index is 1250. The number of aromatic nitrogens is 2. The molecular weight excluding hydrogens is 464 g/mol. The summed E-state index contributed by atoms with van der Waals surface area (Å²) in [7, 11) is 0. The van der Waals surface area contributed by atoms with Gasteiger partial charge < -0.3 is 14.6 Å². The number of aryl methyl sites for hydroxylation is 2. The van der Waals surface area contributed by atoms with E-state index in [1.54, 1.807) is 17.0 Å². The minimum atomic E-state index is -0.419. The molecule has 2 amide bonds. The fourth-order valence-electron chi connectivity index (χ4n) is 4.14. The summed E-state index contributed by atoms with van der Waals surface area (Å²) in [4.78, 5) is 19.6. The number of nitrogens with one attached hydrogen (secondary N) is 1. The van der Waals surface area contributed by atoms with Crippen LogP contribution in [0, 0.1) is 13.8 Å². The van der Waals surface area contributed by atoms with Gasteiger partial charge in [-0.3, -0.25) is 4.90 Å². The van der Waals surface area contributed by atoms with Crippen molar-refractivity contribution in [2.75, 3.05) is 13.2 Å². The van der Waals surface area contributed by atoms with E-state index < -0.39 is 6.04 Å². The summed E-state index contributed by atoms with van der Waals surface area (Å²) in [5.74, 6) is 0.805. The number of benzene rings is 2. The van der Waals surface area contributed by atoms with Crippen LogP contribution in [0.1, 0.15) is 55.8 Å². The highest BCUT2D eigenvalue weighted by molar-refractivity contribution is 6.30. The lowest BCUT2D eigenvalue weighted by atomic mass is 9.92. The van der Waals surface area contributed by atoms with Crippen molar-refractivity contribution < 1.29 is 14.1 Å². The van der Waals surface area contributed by atoms with E-state index in [0.717, 1.165) is 28.0 Å². The zero-order valence-electron chi connectivity index (χ0n) is 20.8. The summed E-state index contributed by atoms with van der Waals surface area (Å²) in [6.07, 6.45) is 0.858. The monoisotopic (exact) mass is 494 g/mol. The van der Waals surface area contributed by atoms with Gasteiger partial charge in [-0.25, -0.2) is 4.79 Å². The fraction of sp³-hybridized carbons (Fsp3) is 0.370. The summed E-state index contributed by atoms with van der Waals surface area (Å²) < 4.78 is 11.4. The van der Waals surface area contributed by atoms with Crippen molar-refractivity contribution in [2.45, 2.75) is 53.2 Å². The van der Waals surface area contributed by atoms with Gasteiger partial charge >= 0.3 is 6.03 Å². The van der Waals surface area contributed by atoms with Crippen LogP contribution in [0.2, 0.25) is 5.02 Å². The number of nitrogens with zero attached hydrogens (tertiary/aromatic N) is 3. The zero-order valence-corrected chi connectivity index (χ0v) is 21.5. The first-order valence-electron chi connectivity index (χ1n) is 11.8. The number of hydrogen-bond acceptors (Lipinski definition) is 5. The third kappa shape index (κ3) is 5.57. The number of carbonyl (C=O) groups is 1. The second-order valence-corrected chi connectivity index (χ2v) is 9.52. The van der Waals surface area contributed by atoms with E-state index in [4.69, 9.17) is 25.8 Å². The standard InChI is InChI=1S/C27H31ClN4O3/c1-16(2)34-13-7-12-32-19(5)23(24(29-27(32)33)20-11-10-17(3)18(4)14-20)26-30-25(31-35-26)21-8-6-9-22(28)15-21/h6,8-11,14-16,24H,7,12-13H2,1-5H3,(H,29,33). The molecule has 1 N–H and O–H groups in total. The minimum Gasteiger partial charge on any atom is -0.379 e. The lowest BCUT2D eigenvalue weighted by molar-refractivity contribution is 0.0736. The van der Waals surface area contributed by atoms with Crippen molar-refractivity contribution in [3.05, 3.63) is 75.8 Å². The van der Waals surface area contributed by atoms with Crippen LogP contribution in [0.5, 0.6) is 0 Å². The van der Waals surface area contributed by atoms with Gasteiger partial charge in [0, 0.05) is 29.4 Å². The number of carbonyl (C=O) groups excluding carboxylic acids is 1. The van der Waals surface area contributed by atoms with Gasteiger partial charge in [0.15, 0.2) is 0 Å². The third-order valence-corrected chi connectivity index (χ3v) is 6.41. The Hall–Kier alpha value is -3.16. The van der Waals surface area contributed by atoms with Gasteiger partial charge in [0.05, 0.1) is 17.7 Å². The maximum absolute atomic E-state index is 13.2. The van der Waals surface area contributed by atoms with Crippen LogP contribution in [0.3, 0.4) is 0 Å². The molecule has 0 aliphatic carbocycles. The lowest BCUT2D eigenvalue weighted by Gasteiger charge is -2.35. The van der Waals surface area contributed by atoms with Crippen LogP contribution >= 0.6 is 11.6 Å². The first-order valence-corrected chi connectivity index (χ1v) is 12.2. The Morgan fingerprint density at radius 1 is 1.14 bits per heavy atom. The Morgan fingerprint density at radius 3 is 2.66 bits per heavy atom. The minimum absolute atomic E-state index is 0.148. The van der Waals surface area contributed by atoms with E-state index in [0.29, 0.717) is 36.3 Å². The molecule has 0 fully saturated rings. The van der Waals surface area contributed by atoms with Gasteiger partial charge in [-0.2, -0.15) is 4.98 Å². The number of rotatable bonds is 8. The number of hydrogen-bond donors (Lipinski definition) is 1. The highest BCUT2D eigenvalue weighted by atomic mass is 35.5. The number of halogens is 1. The number of amides is 2. The molecule has 0 spiro atoms. The Morgan fingerprint density at radius 2 is 1.94 bits per heavy atom. The molecule has 0 bridgehead atoms. The number of ether oxygens (including phenoxy) is 1. The first-order chi connectivity index (χ1) is 16.7. The third-order valence-electron chi connectivity index (χ3n) is 6.18. The maximum atomic E-state index is 13.2. The molecule has 3 aromatic rings. The summed E-state index contributed by atoms with van der Waals surface area (Å²) in [5, 5.41) is 7.96. The molecule has 1 unspecified atom stereocenters. The molecule has 184 valence electrons. The molecule has 0 saturated heterocycles. The first kappa shape index (κ1) is 24.9. The maximum Gasteiger partial charge on any atom is 0.322 e. The molecule has 2 aromatic carbocycles. The van der Waals surface area contributed by atoms with Crippen molar-refractivity contribution in [3.63, 3.8) is 0 Å². The topological polar surface area (TPSA) is 80.5 Å². The van der Waals surface area contributed by atoms with E-state index >= 15 is 0 Å². The molecule has 0 radical (unpaired) electrons. The zero-order chi connectivity index (χ0) is 25.1. The van der Waals surface area contributed by atoms with Crippen LogP contribution in [0.25, 0.3) is 17.0 Å². The van der Waals surface area contributed by atoms with Crippen LogP contribution in [0.4, 0.5) is 4.79 Å². The molecule has 1 aromatic heterocycles. The lowest BCUT2D eigenvalue weighted by Crippen LogP contribution is -2.46. The predicted molar refractivity (Wildman–Crippen MR) is 137 cm³/mol. The summed E-state index contributed by atoms with van der Waals surface area (Å²) >= 11 is 6.16. The average molecular weight is 495 g/mol. The molecule has 1 aliphatic heterocycles. The smallest absolute Gasteiger partial charge is 0.322 e. The Balaban J connectivity index is 1.73. The molecule has 4 rings (SSSR count). The molecule has 7 nitrogen and oxygen atoms in total. The average Bonchev–Trinajstić information content (AvgIpc) is 3.29. The normalized spacial score (nSPS) is 16.3. The predicted octanol–water partition coefficient (Wildman–Crippen LogP) is 6.32. The van der Waals surface area contributed by atoms with Crippen molar-refractivity contribution in [2.24, 2.45) is 0 Å². The molecule has 2 heterocycles. The van der Waals surface area contributed by atoms with Gasteiger partial charge in [-0.05, 0) is 69.9 Å². The molecule has 35 heavy (non-hydrogen) atoms. The summed E-state index contributed by atoms with van der Waals surface area (Å²) in [5.41, 5.74) is 5.61. The summed E-state index contributed by atoms with van der Waals surface area (Å²) in [6, 6.07) is 12.9. The molecule has 1 aliphatic rings. The second kappa shape index (κ2) is 10.6. The van der Waals surface area contributed by atoms with E-state index in [1.807, 2.05) is 39.0 Å².